The molecule has 0 saturated carbocycles. The topological polar surface area (TPSA) is 66.0 Å². The minimum Gasteiger partial charge on any atom is -0.331 e. The van der Waals surface area contributed by atoms with E-state index in [9.17, 15) is 4.79 Å². The number of halogens is 1. The molecule has 0 bridgehead atoms. The standard InChI is InChI=1S/C16H17ClN4OS/c1-3-11-6-4-5-10(2)14(11)19-16(23)21-20-15(22)12-7-8-13(17)18-9-12/h4-9H,3H2,1-2H3,(H,20,22)(H2,19,21,23). The van der Waals surface area contributed by atoms with Crippen LogP contribution in [0.4, 0.5) is 5.69 Å². The fourth-order valence-electron chi connectivity index (χ4n) is 2.04. The molecule has 3 N–H and O–H groups in total. The van der Waals surface area contributed by atoms with Gasteiger partial charge in [0.15, 0.2) is 5.11 Å². The van der Waals surface area contributed by atoms with E-state index in [1.165, 1.54) is 6.20 Å². The molecule has 23 heavy (non-hydrogen) atoms. The number of thiocarbonyl (C=S) groups is 1. The summed E-state index contributed by atoms with van der Waals surface area (Å²) >= 11 is 10.9. The zero-order valence-corrected chi connectivity index (χ0v) is 14.4. The van der Waals surface area contributed by atoms with Crippen LogP contribution in [0, 0.1) is 6.92 Å². The lowest BCUT2D eigenvalue weighted by Crippen LogP contribution is -2.44. The van der Waals surface area contributed by atoms with Crippen molar-refractivity contribution >= 4 is 40.5 Å². The molecule has 0 spiro atoms. The summed E-state index contributed by atoms with van der Waals surface area (Å²) < 4.78 is 0. The zero-order chi connectivity index (χ0) is 16.8. The molecule has 0 fully saturated rings. The number of hydrogen-bond acceptors (Lipinski definition) is 3. The Morgan fingerprint density at radius 2 is 2.04 bits per heavy atom. The number of amides is 1. The van der Waals surface area contributed by atoms with E-state index in [1.54, 1.807) is 12.1 Å². The van der Waals surface area contributed by atoms with Crippen molar-refractivity contribution in [3.05, 3.63) is 58.4 Å². The van der Waals surface area contributed by atoms with Crippen LogP contribution < -0.4 is 16.2 Å². The van der Waals surface area contributed by atoms with Crippen LogP contribution in [0.5, 0.6) is 0 Å². The maximum Gasteiger partial charge on any atom is 0.271 e. The first kappa shape index (κ1) is 17.2. The molecule has 5 nitrogen and oxygen atoms in total. The van der Waals surface area contributed by atoms with Gasteiger partial charge in [-0.25, -0.2) is 4.98 Å². The number of anilines is 1. The Balaban J connectivity index is 1.95. The number of aryl methyl sites for hydroxylation is 2. The van der Waals surface area contributed by atoms with Gasteiger partial charge in [-0.15, -0.1) is 0 Å². The van der Waals surface area contributed by atoms with E-state index < -0.39 is 0 Å². The van der Waals surface area contributed by atoms with Crippen molar-refractivity contribution in [1.29, 1.82) is 0 Å². The number of benzene rings is 1. The second-order valence-corrected chi connectivity index (χ2v) is 5.66. The van der Waals surface area contributed by atoms with Crippen LogP contribution in [0.2, 0.25) is 5.15 Å². The third-order valence-corrected chi connectivity index (χ3v) is 3.69. The number of nitrogens with one attached hydrogen (secondary N) is 3. The molecule has 2 rings (SSSR count). The van der Waals surface area contributed by atoms with Gasteiger partial charge >= 0.3 is 0 Å². The maximum absolute atomic E-state index is 12.0. The first-order valence-corrected chi connectivity index (χ1v) is 7.87. The van der Waals surface area contributed by atoms with Crippen molar-refractivity contribution < 1.29 is 4.79 Å². The molecule has 0 aliphatic rings. The van der Waals surface area contributed by atoms with Crippen molar-refractivity contribution in [2.45, 2.75) is 20.3 Å². The second-order valence-electron chi connectivity index (χ2n) is 4.87. The number of carbonyl (C=O) groups excluding carboxylic acids is 1. The zero-order valence-electron chi connectivity index (χ0n) is 12.8. The summed E-state index contributed by atoms with van der Waals surface area (Å²) in [5.41, 5.74) is 8.78. The second kappa shape index (κ2) is 7.89. The van der Waals surface area contributed by atoms with Crippen molar-refractivity contribution in [2.24, 2.45) is 0 Å². The monoisotopic (exact) mass is 348 g/mol. The van der Waals surface area contributed by atoms with Crippen LogP contribution in [0.1, 0.15) is 28.4 Å². The van der Waals surface area contributed by atoms with Crippen LogP contribution in [-0.4, -0.2) is 16.0 Å². The normalized spacial score (nSPS) is 10.0. The summed E-state index contributed by atoms with van der Waals surface area (Å²) in [6.07, 6.45) is 2.28. The van der Waals surface area contributed by atoms with E-state index in [2.05, 4.69) is 28.1 Å². The van der Waals surface area contributed by atoms with E-state index in [-0.39, 0.29) is 5.91 Å². The average molecular weight is 349 g/mol. The third kappa shape index (κ3) is 4.64. The molecule has 7 heteroatoms. The number of hydrazine groups is 1. The van der Waals surface area contributed by atoms with Crippen molar-refractivity contribution in [2.75, 3.05) is 5.32 Å². The lowest BCUT2D eigenvalue weighted by atomic mass is 10.1. The molecule has 2 aromatic rings. The van der Waals surface area contributed by atoms with Gasteiger partial charge < -0.3 is 5.32 Å². The number of para-hydroxylation sites is 1. The summed E-state index contributed by atoms with van der Waals surface area (Å²) in [7, 11) is 0. The summed E-state index contributed by atoms with van der Waals surface area (Å²) in [5, 5.41) is 3.76. The fourth-order valence-corrected chi connectivity index (χ4v) is 2.31. The summed E-state index contributed by atoms with van der Waals surface area (Å²) in [5.74, 6) is -0.348. The Kier molecular flexibility index (Phi) is 5.90. The Labute approximate surface area is 145 Å². The van der Waals surface area contributed by atoms with Gasteiger partial charge in [0.25, 0.3) is 5.91 Å². The van der Waals surface area contributed by atoms with Gasteiger partial charge in [0, 0.05) is 11.9 Å². The quantitative estimate of drug-likeness (QED) is 0.451. The van der Waals surface area contributed by atoms with E-state index >= 15 is 0 Å². The van der Waals surface area contributed by atoms with Crippen LogP contribution in [0.15, 0.2) is 36.5 Å². The molecule has 1 heterocycles. The minimum atomic E-state index is -0.348. The van der Waals surface area contributed by atoms with Gasteiger partial charge in [0.1, 0.15) is 5.15 Å². The summed E-state index contributed by atoms with van der Waals surface area (Å²) in [4.78, 5) is 15.8. The Bertz CT molecular complexity index is 719. The van der Waals surface area contributed by atoms with Gasteiger partial charge in [0.2, 0.25) is 0 Å². The smallest absolute Gasteiger partial charge is 0.271 e. The van der Waals surface area contributed by atoms with Crippen molar-refractivity contribution in [3.63, 3.8) is 0 Å². The highest BCUT2D eigenvalue weighted by atomic mass is 35.5. The highest BCUT2D eigenvalue weighted by molar-refractivity contribution is 7.80. The number of rotatable bonds is 3. The van der Waals surface area contributed by atoms with Crippen molar-refractivity contribution in [1.82, 2.24) is 15.8 Å². The number of carbonyl (C=O) groups is 1. The predicted molar refractivity (Wildman–Crippen MR) is 96.6 cm³/mol. The summed E-state index contributed by atoms with van der Waals surface area (Å²) in [6, 6.07) is 9.18. The number of aromatic nitrogens is 1. The molecular weight excluding hydrogens is 332 g/mol. The Morgan fingerprint density at radius 1 is 1.26 bits per heavy atom. The van der Waals surface area contributed by atoms with Gasteiger partial charge in [0.05, 0.1) is 5.56 Å². The molecule has 1 aromatic heterocycles. The molecule has 0 unspecified atom stereocenters. The molecular formula is C16H17ClN4OS. The lowest BCUT2D eigenvalue weighted by Gasteiger charge is -2.16. The van der Waals surface area contributed by atoms with E-state index in [1.807, 2.05) is 25.1 Å². The molecule has 0 aliphatic carbocycles. The highest BCUT2D eigenvalue weighted by Crippen LogP contribution is 2.20. The molecule has 0 saturated heterocycles. The number of hydrogen-bond donors (Lipinski definition) is 3. The van der Waals surface area contributed by atoms with Gasteiger partial charge in [-0.1, -0.05) is 36.7 Å². The van der Waals surface area contributed by atoms with Gasteiger partial charge in [-0.05, 0) is 48.8 Å². The molecule has 120 valence electrons. The molecule has 0 radical (unpaired) electrons. The van der Waals surface area contributed by atoms with Crippen LogP contribution in [0.25, 0.3) is 0 Å². The van der Waals surface area contributed by atoms with Crippen LogP contribution in [0.3, 0.4) is 0 Å². The van der Waals surface area contributed by atoms with Crippen LogP contribution in [-0.2, 0) is 6.42 Å². The fraction of sp³-hybridized carbons (Fsp3) is 0.188. The number of pyridine rings is 1. The largest absolute Gasteiger partial charge is 0.331 e. The van der Waals surface area contributed by atoms with Gasteiger partial charge in [-0.2, -0.15) is 0 Å². The molecule has 0 aliphatic heterocycles. The first-order chi connectivity index (χ1) is 11.0. The predicted octanol–water partition coefficient (Wildman–Crippen LogP) is 3.24. The Hall–Kier alpha value is -2.18. The Morgan fingerprint density at radius 3 is 2.70 bits per heavy atom. The van der Waals surface area contributed by atoms with Gasteiger partial charge in [-0.3, -0.25) is 15.6 Å². The lowest BCUT2D eigenvalue weighted by molar-refractivity contribution is 0.0944. The van der Waals surface area contributed by atoms with Crippen LogP contribution >= 0.6 is 23.8 Å². The van der Waals surface area contributed by atoms with Crippen molar-refractivity contribution in [3.8, 4) is 0 Å². The SMILES string of the molecule is CCc1cccc(C)c1NC(=S)NNC(=O)c1ccc(Cl)nc1. The van der Waals surface area contributed by atoms with E-state index in [4.69, 9.17) is 23.8 Å². The third-order valence-electron chi connectivity index (χ3n) is 3.26. The minimum absolute atomic E-state index is 0.310. The molecule has 0 atom stereocenters. The first-order valence-electron chi connectivity index (χ1n) is 7.08. The summed E-state index contributed by atoms with van der Waals surface area (Å²) in [6.45, 7) is 4.08. The molecule has 1 aromatic carbocycles. The average Bonchev–Trinajstić information content (AvgIpc) is 2.55. The highest BCUT2D eigenvalue weighted by Gasteiger charge is 2.08. The molecule has 1 amide bonds. The number of nitrogens with zero attached hydrogens (tertiary/aromatic N) is 1. The van der Waals surface area contributed by atoms with E-state index in [0.717, 1.165) is 23.2 Å². The maximum atomic E-state index is 12.0. The van der Waals surface area contributed by atoms with E-state index in [0.29, 0.717) is 15.8 Å².